The molecule has 1 aliphatic rings. The van der Waals surface area contributed by atoms with Gasteiger partial charge in [-0.15, -0.1) is 11.8 Å². The molecule has 1 N–H and O–H groups in total. The molecule has 2 amide bonds. The number of rotatable bonds is 7. The SMILES string of the molecule is COc1ccc(-n2nc(C(C)(C)C)c3c2N(CC(=O)NC(C)C(C)C)C(=O)CSC3c2cccc(C)c2)cc1. The van der Waals surface area contributed by atoms with Gasteiger partial charge in [-0.1, -0.05) is 64.4 Å². The van der Waals surface area contributed by atoms with Gasteiger partial charge in [-0.05, 0) is 49.6 Å². The molecule has 3 aromatic rings. The Labute approximate surface area is 236 Å². The van der Waals surface area contributed by atoms with Crippen molar-refractivity contribution in [2.45, 2.75) is 65.2 Å². The van der Waals surface area contributed by atoms with Crippen LogP contribution in [0.15, 0.2) is 48.5 Å². The molecule has 208 valence electrons. The molecule has 2 unspecified atom stereocenters. The van der Waals surface area contributed by atoms with E-state index in [1.54, 1.807) is 23.8 Å². The van der Waals surface area contributed by atoms with E-state index in [1.165, 1.54) is 0 Å². The van der Waals surface area contributed by atoms with Crippen LogP contribution >= 0.6 is 11.8 Å². The quantitative estimate of drug-likeness (QED) is 0.403. The van der Waals surface area contributed by atoms with Crippen molar-refractivity contribution < 1.29 is 14.3 Å². The average molecular weight is 549 g/mol. The lowest BCUT2D eigenvalue weighted by Gasteiger charge is -2.25. The topological polar surface area (TPSA) is 76.5 Å². The smallest absolute Gasteiger partial charge is 0.240 e. The minimum absolute atomic E-state index is 0.00916. The maximum atomic E-state index is 13.8. The molecule has 0 radical (unpaired) electrons. The van der Waals surface area contributed by atoms with Crippen molar-refractivity contribution in [3.05, 3.63) is 70.9 Å². The minimum atomic E-state index is -0.308. The highest BCUT2D eigenvalue weighted by atomic mass is 32.2. The maximum absolute atomic E-state index is 13.8. The van der Waals surface area contributed by atoms with Crippen LogP contribution < -0.4 is 15.0 Å². The van der Waals surface area contributed by atoms with Crippen LogP contribution in [0.25, 0.3) is 5.69 Å². The summed E-state index contributed by atoms with van der Waals surface area (Å²) in [4.78, 5) is 28.7. The number of carbonyl (C=O) groups excluding carboxylic acids is 2. The molecule has 39 heavy (non-hydrogen) atoms. The molecule has 0 spiro atoms. The van der Waals surface area contributed by atoms with Gasteiger partial charge in [0.1, 0.15) is 18.1 Å². The minimum Gasteiger partial charge on any atom is -0.497 e. The number of aromatic nitrogens is 2. The first-order valence-electron chi connectivity index (χ1n) is 13.5. The third-order valence-corrected chi connectivity index (χ3v) is 8.41. The Morgan fingerprint density at radius 1 is 1.15 bits per heavy atom. The summed E-state index contributed by atoms with van der Waals surface area (Å²) in [5, 5.41) is 8.10. The van der Waals surface area contributed by atoms with Crippen LogP contribution in [0, 0.1) is 12.8 Å². The molecule has 7 nitrogen and oxygen atoms in total. The monoisotopic (exact) mass is 548 g/mol. The molecule has 2 aromatic carbocycles. The average Bonchev–Trinajstić information content (AvgIpc) is 3.22. The third kappa shape index (κ3) is 6.16. The summed E-state index contributed by atoms with van der Waals surface area (Å²) in [6.07, 6.45) is 0. The third-order valence-electron chi connectivity index (χ3n) is 7.15. The summed E-state index contributed by atoms with van der Waals surface area (Å²) < 4.78 is 7.21. The van der Waals surface area contributed by atoms with Crippen molar-refractivity contribution in [1.29, 1.82) is 0 Å². The highest BCUT2D eigenvalue weighted by molar-refractivity contribution is 8.00. The number of carbonyl (C=O) groups is 2. The molecule has 2 heterocycles. The standard InChI is InChI=1S/C31H40N4O3S/c1-19(2)21(4)32-25(36)17-34-26(37)18-39-28(22-11-9-10-20(3)16-22)27-29(31(5,6)7)33-35(30(27)34)23-12-14-24(38-8)15-13-23/h9-16,19,21,28H,17-18H2,1-8H3,(H,32,36). The second-order valence-corrected chi connectivity index (χ2v) is 12.7. The number of benzene rings is 2. The predicted molar refractivity (Wildman–Crippen MR) is 159 cm³/mol. The van der Waals surface area contributed by atoms with E-state index in [0.29, 0.717) is 5.82 Å². The number of nitrogens with one attached hydrogen (secondary N) is 1. The fourth-order valence-corrected chi connectivity index (χ4v) is 5.87. The van der Waals surface area contributed by atoms with Gasteiger partial charge < -0.3 is 10.1 Å². The lowest BCUT2D eigenvalue weighted by molar-refractivity contribution is -0.123. The Balaban J connectivity index is 1.96. The predicted octanol–water partition coefficient (Wildman–Crippen LogP) is 5.82. The molecule has 0 saturated heterocycles. The summed E-state index contributed by atoms with van der Waals surface area (Å²) >= 11 is 1.59. The molecule has 4 rings (SSSR count). The molecule has 0 aliphatic carbocycles. The molecule has 0 fully saturated rings. The normalized spacial score (nSPS) is 16.6. The van der Waals surface area contributed by atoms with Gasteiger partial charge in [-0.3, -0.25) is 14.5 Å². The van der Waals surface area contributed by atoms with Crippen LogP contribution in [0.5, 0.6) is 5.75 Å². The largest absolute Gasteiger partial charge is 0.497 e. The van der Waals surface area contributed by atoms with Gasteiger partial charge >= 0.3 is 0 Å². The van der Waals surface area contributed by atoms with Gasteiger partial charge in [-0.2, -0.15) is 5.10 Å². The second-order valence-electron chi connectivity index (χ2n) is 11.6. The van der Waals surface area contributed by atoms with E-state index in [9.17, 15) is 9.59 Å². The van der Waals surface area contributed by atoms with Crippen molar-refractivity contribution in [1.82, 2.24) is 15.1 Å². The van der Waals surface area contributed by atoms with Crippen molar-refractivity contribution in [3.63, 3.8) is 0 Å². The first kappa shape index (κ1) is 28.7. The first-order chi connectivity index (χ1) is 18.4. The van der Waals surface area contributed by atoms with Gasteiger partial charge in [0, 0.05) is 17.0 Å². The van der Waals surface area contributed by atoms with Gasteiger partial charge in [-0.25, -0.2) is 4.68 Å². The molecule has 0 bridgehead atoms. The number of ether oxygens (including phenoxy) is 1. The molecule has 0 saturated carbocycles. The zero-order valence-corrected chi connectivity index (χ0v) is 25.1. The number of nitrogens with zero attached hydrogens (tertiary/aromatic N) is 3. The number of fused-ring (bicyclic) bond motifs is 1. The fraction of sp³-hybridized carbons (Fsp3) is 0.452. The fourth-order valence-electron chi connectivity index (χ4n) is 4.68. The Kier molecular flexibility index (Phi) is 8.45. The van der Waals surface area contributed by atoms with Gasteiger partial charge in [0.25, 0.3) is 0 Å². The van der Waals surface area contributed by atoms with E-state index < -0.39 is 0 Å². The van der Waals surface area contributed by atoms with E-state index in [2.05, 4.69) is 71.1 Å². The van der Waals surface area contributed by atoms with E-state index in [-0.39, 0.29) is 46.7 Å². The molecule has 2 atom stereocenters. The zero-order chi connectivity index (χ0) is 28.5. The van der Waals surface area contributed by atoms with E-state index in [4.69, 9.17) is 9.84 Å². The number of methoxy groups -OCH3 is 1. The Morgan fingerprint density at radius 3 is 2.44 bits per heavy atom. The number of amides is 2. The van der Waals surface area contributed by atoms with Crippen molar-refractivity contribution in [3.8, 4) is 11.4 Å². The summed E-state index contributed by atoms with van der Waals surface area (Å²) in [6, 6.07) is 16.0. The second kappa shape index (κ2) is 11.5. The highest BCUT2D eigenvalue weighted by Crippen LogP contribution is 2.48. The summed E-state index contributed by atoms with van der Waals surface area (Å²) in [7, 11) is 1.63. The Hall–Kier alpha value is -3.26. The number of anilines is 1. The van der Waals surface area contributed by atoms with Crippen LogP contribution in [0.4, 0.5) is 5.82 Å². The van der Waals surface area contributed by atoms with E-state index in [1.807, 2.05) is 35.9 Å². The van der Waals surface area contributed by atoms with Crippen molar-refractivity contribution in [2.75, 3.05) is 24.3 Å². The summed E-state index contributed by atoms with van der Waals surface area (Å²) in [5.74, 6) is 1.62. The molecule has 8 heteroatoms. The van der Waals surface area contributed by atoms with Crippen LogP contribution in [-0.4, -0.2) is 47.0 Å². The molecule has 1 aromatic heterocycles. The van der Waals surface area contributed by atoms with E-state index in [0.717, 1.165) is 33.8 Å². The van der Waals surface area contributed by atoms with Crippen LogP contribution in [0.2, 0.25) is 0 Å². The van der Waals surface area contributed by atoms with E-state index >= 15 is 0 Å². The number of hydrogen-bond donors (Lipinski definition) is 1. The van der Waals surface area contributed by atoms with Crippen molar-refractivity contribution >= 4 is 29.4 Å². The van der Waals surface area contributed by atoms with Gasteiger partial charge in [0.05, 0.1) is 29.5 Å². The lowest BCUT2D eigenvalue weighted by Crippen LogP contribution is -2.46. The zero-order valence-electron chi connectivity index (χ0n) is 24.2. The molecule has 1 aliphatic heterocycles. The summed E-state index contributed by atoms with van der Waals surface area (Å²) in [5.41, 5.74) is 4.65. The van der Waals surface area contributed by atoms with Gasteiger partial charge in [0.15, 0.2) is 0 Å². The summed E-state index contributed by atoms with van der Waals surface area (Å²) in [6.45, 7) is 14.5. The van der Waals surface area contributed by atoms with Crippen LogP contribution in [0.3, 0.4) is 0 Å². The molecular weight excluding hydrogens is 508 g/mol. The van der Waals surface area contributed by atoms with Crippen LogP contribution in [0.1, 0.15) is 69.2 Å². The van der Waals surface area contributed by atoms with Gasteiger partial charge in [0.2, 0.25) is 11.8 Å². The first-order valence-corrected chi connectivity index (χ1v) is 14.5. The number of aryl methyl sites for hydroxylation is 1. The number of thioether (sulfide) groups is 1. The number of hydrogen-bond acceptors (Lipinski definition) is 5. The lowest BCUT2D eigenvalue weighted by atomic mass is 9.87. The maximum Gasteiger partial charge on any atom is 0.240 e. The van der Waals surface area contributed by atoms with Crippen LogP contribution in [-0.2, 0) is 15.0 Å². The Bertz CT molecular complexity index is 1340. The Morgan fingerprint density at radius 2 is 1.85 bits per heavy atom. The molecular formula is C31H40N4O3S. The van der Waals surface area contributed by atoms with Crippen molar-refractivity contribution in [2.24, 2.45) is 5.92 Å². The highest BCUT2D eigenvalue weighted by Gasteiger charge is 2.40.